The van der Waals surface area contributed by atoms with Gasteiger partial charge in [0.1, 0.15) is 0 Å². The predicted molar refractivity (Wildman–Crippen MR) is 120 cm³/mol. The number of amides is 2. The second-order valence-electron chi connectivity index (χ2n) is 7.46. The topological polar surface area (TPSA) is 66.6 Å². The van der Waals surface area contributed by atoms with Crippen LogP contribution in [0.4, 0.5) is 5.69 Å². The van der Waals surface area contributed by atoms with Crippen molar-refractivity contribution in [3.8, 4) is 0 Å². The zero-order chi connectivity index (χ0) is 20.1. The molecular formula is C23H30ClN3O2. The number of carbonyl (C=O) groups is 2. The van der Waals surface area contributed by atoms with Crippen molar-refractivity contribution in [1.82, 2.24) is 9.80 Å². The third-order valence-corrected chi connectivity index (χ3v) is 5.43. The maximum Gasteiger partial charge on any atom is 0.254 e. The Morgan fingerprint density at radius 3 is 2.38 bits per heavy atom. The Labute approximate surface area is 179 Å². The van der Waals surface area contributed by atoms with Crippen molar-refractivity contribution in [3.05, 3.63) is 65.2 Å². The van der Waals surface area contributed by atoms with Gasteiger partial charge in [-0.15, -0.1) is 12.4 Å². The zero-order valence-corrected chi connectivity index (χ0v) is 18.0. The molecule has 2 aromatic rings. The SMILES string of the molecule is CCCN(C(=O)c1cc(N)ccc1C)C1CCN(C(=O)c2ccccc2)CC1.Cl. The van der Waals surface area contributed by atoms with E-state index in [1.54, 1.807) is 6.07 Å². The van der Waals surface area contributed by atoms with Crippen molar-refractivity contribution in [1.29, 1.82) is 0 Å². The van der Waals surface area contributed by atoms with Crippen molar-refractivity contribution < 1.29 is 9.59 Å². The number of hydrogen-bond donors (Lipinski definition) is 1. The Balaban J connectivity index is 0.00000300. The number of benzene rings is 2. The number of hydrogen-bond acceptors (Lipinski definition) is 3. The van der Waals surface area contributed by atoms with Gasteiger partial charge in [0.2, 0.25) is 0 Å². The van der Waals surface area contributed by atoms with E-state index in [1.165, 1.54) is 0 Å². The van der Waals surface area contributed by atoms with Gasteiger partial charge in [0, 0.05) is 42.5 Å². The molecule has 6 heteroatoms. The van der Waals surface area contributed by atoms with Gasteiger partial charge in [-0.2, -0.15) is 0 Å². The van der Waals surface area contributed by atoms with E-state index in [9.17, 15) is 9.59 Å². The molecule has 5 nitrogen and oxygen atoms in total. The first kappa shape index (κ1) is 22.8. The molecule has 0 radical (unpaired) electrons. The van der Waals surface area contributed by atoms with Crippen LogP contribution in [0.5, 0.6) is 0 Å². The lowest BCUT2D eigenvalue weighted by Gasteiger charge is -2.39. The summed E-state index contributed by atoms with van der Waals surface area (Å²) in [7, 11) is 0. The fourth-order valence-corrected chi connectivity index (χ4v) is 3.86. The van der Waals surface area contributed by atoms with E-state index in [0.29, 0.717) is 30.9 Å². The lowest BCUT2D eigenvalue weighted by molar-refractivity contribution is 0.0519. The number of nitrogens with zero attached hydrogens (tertiary/aromatic N) is 2. The summed E-state index contributed by atoms with van der Waals surface area (Å²) in [6.07, 6.45) is 2.49. The summed E-state index contributed by atoms with van der Waals surface area (Å²) in [6, 6.07) is 15.0. The number of halogens is 1. The first-order valence-electron chi connectivity index (χ1n) is 10.0. The molecule has 156 valence electrons. The van der Waals surface area contributed by atoms with Crippen LogP contribution in [0.25, 0.3) is 0 Å². The summed E-state index contributed by atoms with van der Waals surface area (Å²) in [5.74, 6) is 0.110. The standard InChI is InChI=1S/C23H29N3O2.ClH/c1-3-13-26(23(28)21-16-19(24)10-9-17(21)2)20-11-14-25(15-12-20)22(27)18-7-5-4-6-8-18;/h4-10,16,20H,3,11-15,24H2,1-2H3;1H. The van der Waals surface area contributed by atoms with Gasteiger partial charge in [-0.1, -0.05) is 31.2 Å². The molecule has 29 heavy (non-hydrogen) atoms. The van der Waals surface area contributed by atoms with Crippen LogP contribution in [0, 0.1) is 6.92 Å². The molecule has 0 unspecified atom stereocenters. The minimum Gasteiger partial charge on any atom is -0.399 e. The summed E-state index contributed by atoms with van der Waals surface area (Å²) in [5, 5.41) is 0. The van der Waals surface area contributed by atoms with E-state index in [4.69, 9.17) is 5.73 Å². The number of rotatable bonds is 5. The Kier molecular flexibility index (Phi) is 8.09. The molecule has 2 N–H and O–H groups in total. The first-order chi connectivity index (χ1) is 13.5. The molecule has 2 amide bonds. The van der Waals surface area contributed by atoms with Crippen molar-refractivity contribution in [2.45, 2.75) is 39.2 Å². The van der Waals surface area contributed by atoms with Crippen LogP contribution in [-0.4, -0.2) is 47.3 Å². The fourth-order valence-electron chi connectivity index (χ4n) is 3.86. The molecule has 3 rings (SSSR count). The van der Waals surface area contributed by atoms with Gasteiger partial charge in [-0.3, -0.25) is 9.59 Å². The number of nitrogens with two attached hydrogens (primary N) is 1. The summed E-state index contributed by atoms with van der Waals surface area (Å²) < 4.78 is 0. The van der Waals surface area contributed by atoms with Crippen molar-refractivity contribution in [3.63, 3.8) is 0 Å². The third-order valence-electron chi connectivity index (χ3n) is 5.43. The zero-order valence-electron chi connectivity index (χ0n) is 17.1. The monoisotopic (exact) mass is 415 g/mol. The van der Waals surface area contributed by atoms with Gasteiger partial charge in [0.05, 0.1) is 0 Å². The van der Waals surface area contributed by atoms with Crippen LogP contribution in [0.1, 0.15) is 52.5 Å². The van der Waals surface area contributed by atoms with E-state index in [0.717, 1.165) is 30.4 Å². The van der Waals surface area contributed by atoms with Crippen molar-refractivity contribution >= 4 is 29.9 Å². The molecule has 0 aromatic heterocycles. The van der Waals surface area contributed by atoms with Crippen LogP contribution in [-0.2, 0) is 0 Å². The Morgan fingerprint density at radius 2 is 1.76 bits per heavy atom. The Morgan fingerprint density at radius 1 is 1.10 bits per heavy atom. The second kappa shape index (κ2) is 10.3. The molecule has 0 atom stereocenters. The smallest absolute Gasteiger partial charge is 0.254 e. The summed E-state index contributed by atoms with van der Waals surface area (Å²) in [6.45, 7) is 6.08. The van der Waals surface area contributed by atoms with Crippen LogP contribution in [0.2, 0.25) is 0 Å². The average Bonchev–Trinajstić information content (AvgIpc) is 2.73. The summed E-state index contributed by atoms with van der Waals surface area (Å²) >= 11 is 0. The van der Waals surface area contributed by atoms with Gasteiger partial charge < -0.3 is 15.5 Å². The lowest BCUT2D eigenvalue weighted by Crippen LogP contribution is -2.49. The van der Waals surface area contributed by atoms with Gasteiger partial charge >= 0.3 is 0 Å². The van der Waals surface area contributed by atoms with Gasteiger partial charge in [0.15, 0.2) is 0 Å². The van der Waals surface area contributed by atoms with Crippen LogP contribution < -0.4 is 5.73 Å². The van der Waals surface area contributed by atoms with E-state index in [2.05, 4.69) is 6.92 Å². The van der Waals surface area contributed by atoms with Gasteiger partial charge in [-0.25, -0.2) is 0 Å². The molecule has 0 saturated carbocycles. The molecule has 1 fully saturated rings. The molecule has 0 aliphatic carbocycles. The molecule has 1 saturated heterocycles. The second-order valence-corrected chi connectivity index (χ2v) is 7.46. The third kappa shape index (κ3) is 5.30. The van der Waals surface area contributed by atoms with E-state index < -0.39 is 0 Å². The number of carbonyl (C=O) groups excluding carboxylic acids is 2. The fraction of sp³-hybridized carbons (Fsp3) is 0.391. The Hall–Kier alpha value is -2.53. The van der Waals surface area contributed by atoms with E-state index in [-0.39, 0.29) is 30.3 Å². The minimum atomic E-state index is 0. The van der Waals surface area contributed by atoms with Crippen LogP contribution in [0.15, 0.2) is 48.5 Å². The molecule has 1 heterocycles. The molecule has 1 aliphatic rings. The molecule has 1 aliphatic heterocycles. The largest absolute Gasteiger partial charge is 0.399 e. The lowest BCUT2D eigenvalue weighted by atomic mass is 9.99. The van der Waals surface area contributed by atoms with Gasteiger partial charge in [0.25, 0.3) is 11.8 Å². The average molecular weight is 416 g/mol. The minimum absolute atomic E-state index is 0. The number of aryl methyl sites for hydroxylation is 1. The number of likely N-dealkylation sites (tertiary alicyclic amines) is 1. The normalized spacial score (nSPS) is 14.2. The maximum atomic E-state index is 13.2. The highest BCUT2D eigenvalue weighted by Crippen LogP contribution is 2.23. The number of piperidine rings is 1. The summed E-state index contributed by atoms with van der Waals surface area (Å²) in [5.41, 5.74) is 8.85. The molecule has 0 bridgehead atoms. The quantitative estimate of drug-likeness (QED) is 0.745. The molecule has 0 spiro atoms. The van der Waals surface area contributed by atoms with Crippen molar-refractivity contribution in [2.75, 3.05) is 25.4 Å². The molecular weight excluding hydrogens is 386 g/mol. The molecule has 2 aromatic carbocycles. The predicted octanol–water partition coefficient (Wildman–Crippen LogP) is 4.16. The summed E-state index contributed by atoms with van der Waals surface area (Å²) in [4.78, 5) is 29.8. The maximum absolute atomic E-state index is 13.2. The van der Waals surface area contributed by atoms with Crippen LogP contribution in [0.3, 0.4) is 0 Å². The van der Waals surface area contributed by atoms with Gasteiger partial charge in [-0.05, 0) is 56.0 Å². The number of anilines is 1. The highest BCUT2D eigenvalue weighted by Gasteiger charge is 2.30. The highest BCUT2D eigenvalue weighted by molar-refractivity contribution is 5.97. The van der Waals surface area contributed by atoms with E-state index in [1.807, 2.05) is 59.2 Å². The van der Waals surface area contributed by atoms with Crippen molar-refractivity contribution in [2.24, 2.45) is 0 Å². The number of nitrogen functional groups attached to an aromatic ring is 1. The first-order valence-corrected chi connectivity index (χ1v) is 10.0. The van der Waals surface area contributed by atoms with Crippen LogP contribution >= 0.6 is 12.4 Å². The van der Waals surface area contributed by atoms with E-state index >= 15 is 0 Å². The Bertz CT molecular complexity index is 833. The highest BCUT2D eigenvalue weighted by atomic mass is 35.5.